The first-order valence-electron chi connectivity index (χ1n) is 7.21. The molecule has 6 heteroatoms. The average molecular weight is 399 g/mol. The van der Waals surface area contributed by atoms with Gasteiger partial charge < -0.3 is 14.6 Å². The van der Waals surface area contributed by atoms with Gasteiger partial charge in [0.05, 0.1) is 23.6 Å². The number of hydrogen-bond acceptors (Lipinski definition) is 4. The highest BCUT2D eigenvalue weighted by molar-refractivity contribution is 9.10. The van der Waals surface area contributed by atoms with Crippen LogP contribution in [0, 0.1) is 0 Å². The molecular formula is C17H19BrO4S. The third kappa shape index (κ3) is 4.48. The molecule has 2 rings (SSSR count). The van der Waals surface area contributed by atoms with E-state index in [1.807, 2.05) is 43.5 Å². The molecule has 1 unspecified atom stereocenters. The van der Waals surface area contributed by atoms with Gasteiger partial charge in [0.2, 0.25) is 0 Å². The van der Waals surface area contributed by atoms with E-state index in [4.69, 9.17) is 9.47 Å². The zero-order chi connectivity index (χ0) is 17.0. The second-order valence-electron chi connectivity index (χ2n) is 5.39. The number of hydrogen-bond donors (Lipinski definition) is 1. The number of rotatable bonds is 7. The van der Waals surface area contributed by atoms with Crippen molar-refractivity contribution in [1.82, 2.24) is 0 Å². The monoisotopic (exact) mass is 398 g/mol. The van der Waals surface area contributed by atoms with Crippen molar-refractivity contribution in [2.45, 2.75) is 32.3 Å². The topological polar surface area (TPSA) is 55.8 Å². The Labute approximate surface area is 148 Å². The highest BCUT2D eigenvalue weighted by Crippen LogP contribution is 2.38. The van der Waals surface area contributed by atoms with Crippen molar-refractivity contribution < 1.29 is 19.4 Å². The number of carboxylic acid groups (broad SMARTS) is 1. The summed E-state index contributed by atoms with van der Waals surface area (Å²) in [6.45, 7) is 3.88. The minimum absolute atomic E-state index is 0.0175. The normalized spacial score (nSPS) is 12.2. The summed E-state index contributed by atoms with van der Waals surface area (Å²) in [5.74, 6) is -0.166. The lowest BCUT2D eigenvalue weighted by Crippen LogP contribution is -2.13. The summed E-state index contributed by atoms with van der Waals surface area (Å²) < 4.78 is 11.9. The molecule has 1 N–H and O–H groups in total. The van der Waals surface area contributed by atoms with Gasteiger partial charge in [0, 0.05) is 4.88 Å². The Morgan fingerprint density at radius 1 is 1.39 bits per heavy atom. The van der Waals surface area contributed by atoms with Gasteiger partial charge in [-0.25, -0.2) is 0 Å². The highest BCUT2D eigenvalue weighted by atomic mass is 79.9. The van der Waals surface area contributed by atoms with Gasteiger partial charge in [0.1, 0.15) is 0 Å². The van der Waals surface area contributed by atoms with Crippen LogP contribution in [0.1, 0.15) is 30.2 Å². The Morgan fingerprint density at radius 2 is 2.13 bits per heavy atom. The van der Waals surface area contributed by atoms with Crippen molar-refractivity contribution in [2.75, 3.05) is 7.11 Å². The Morgan fingerprint density at radius 3 is 2.65 bits per heavy atom. The van der Waals surface area contributed by atoms with Gasteiger partial charge in [-0.2, -0.15) is 0 Å². The zero-order valence-electron chi connectivity index (χ0n) is 13.2. The van der Waals surface area contributed by atoms with Crippen LogP contribution in [0.5, 0.6) is 11.5 Å². The molecule has 1 aromatic carbocycles. The van der Waals surface area contributed by atoms with E-state index in [9.17, 15) is 9.90 Å². The van der Waals surface area contributed by atoms with Crippen molar-refractivity contribution in [2.24, 2.45) is 0 Å². The number of ether oxygens (including phenoxy) is 2. The van der Waals surface area contributed by atoms with E-state index in [-0.39, 0.29) is 6.10 Å². The van der Waals surface area contributed by atoms with E-state index >= 15 is 0 Å². The van der Waals surface area contributed by atoms with E-state index in [1.54, 1.807) is 7.11 Å². The largest absolute Gasteiger partial charge is 0.493 e. The zero-order valence-corrected chi connectivity index (χ0v) is 15.6. The fourth-order valence-electron chi connectivity index (χ4n) is 2.28. The molecule has 0 amide bonds. The number of benzene rings is 1. The molecule has 0 fully saturated rings. The molecular weight excluding hydrogens is 380 g/mol. The second-order valence-corrected chi connectivity index (χ2v) is 7.22. The molecule has 4 nitrogen and oxygen atoms in total. The van der Waals surface area contributed by atoms with Gasteiger partial charge in [0.15, 0.2) is 11.5 Å². The van der Waals surface area contributed by atoms with Crippen LogP contribution < -0.4 is 9.47 Å². The maximum absolute atomic E-state index is 11.6. The van der Waals surface area contributed by atoms with Crippen LogP contribution in [0.15, 0.2) is 34.1 Å². The lowest BCUT2D eigenvalue weighted by molar-refractivity contribution is -0.138. The Balaban J connectivity index is 2.32. The molecule has 1 atom stereocenters. The summed E-state index contributed by atoms with van der Waals surface area (Å²) in [5, 5.41) is 11.4. The van der Waals surface area contributed by atoms with Gasteiger partial charge in [-0.15, -0.1) is 11.3 Å². The predicted molar refractivity (Wildman–Crippen MR) is 94.9 cm³/mol. The molecule has 0 saturated carbocycles. The van der Waals surface area contributed by atoms with Gasteiger partial charge in [-0.1, -0.05) is 6.07 Å². The smallest absolute Gasteiger partial charge is 0.312 e. The Bertz CT molecular complexity index is 667. The fourth-order valence-corrected chi connectivity index (χ4v) is 3.68. The summed E-state index contributed by atoms with van der Waals surface area (Å²) in [6.07, 6.45) is 0.413. The van der Waals surface area contributed by atoms with Crippen molar-refractivity contribution in [3.8, 4) is 11.5 Å². The predicted octanol–water partition coefficient (Wildman–Crippen LogP) is 4.72. The minimum atomic E-state index is -0.829. The first kappa shape index (κ1) is 17.8. The maximum Gasteiger partial charge on any atom is 0.312 e. The Kier molecular flexibility index (Phi) is 6.07. The van der Waals surface area contributed by atoms with Crippen LogP contribution >= 0.6 is 27.3 Å². The first-order valence-corrected chi connectivity index (χ1v) is 8.89. The summed E-state index contributed by atoms with van der Waals surface area (Å²) in [4.78, 5) is 12.4. The number of aliphatic carboxylic acids is 1. The number of thiophene rings is 1. The van der Waals surface area contributed by atoms with Crippen molar-refractivity contribution in [3.05, 3.63) is 44.6 Å². The van der Waals surface area contributed by atoms with E-state index in [0.717, 1.165) is 14.9 Å². The maximum atomic E-state index is 11.6. The van der Waals surface area contributed by atoms with E-state index in [2.05, 4.69) is 15.9 Å². The molecule has 2 aromatic rings. The summed E-state index contributed by atoms with van der Waals surface area (Å²) in [6, 6.07) is 7.45. The van der Waals surface area contributed by atoms with E-state index in [0.29, 0.717) is 17.9 Å². The standard InChI is InChI=1S/C17H19BrO4S/c1-10(2)22-16-13(18)8-11(9-14(16)21-3)7-12(17(19)20)15-5-4-6-23-15/h4-6,8-10,12H,7H2,1-3H3,(H,19,20). The van der Waals surface area contributed by atoms with E-state index < -0.39 is 11.9 Å². The third-order valence-corrected chi connectivity index (χ3v) is 4.84. The molecule has 0 radical (unpaired) electrons. The van der Waals surface area contributed by atoms with Crippen molar-refractivity contribution in [1.29, 1.82) is 0 Å². The SMILES string of the molecule is COc1cc(CC(C(=O)O)c2cccs2)cc(Br)c1OC(C)C. The molecule has 23 heavy (non-hydrogen) atoms. The van der Waals surface area contributed by atoms with Gasteiger partial charge in [0.25, 0.3) is 0 Å². The number of carboxylic acids is 1. The molecule has 1 heterocycles. The van der Waals surface area contributed by atoms with Crippen molar-refractivity contribution in [3.63, 3.8) is 0 Å². The molecule has 0 saturated heterocycles. The first-order chi connectivity index (χ1) is 10.9. The van der Waals surface area contributed by atoms with Crippen LogP contribution in [0.2, 0.25) is 0 Å². The van der Waals surface area contributed by atoms with Crippen LogP contribution in [0.3, 0.4) is 0 Å². The van der Waals surface area contributed by atoms with Crippen LogP contribution in [0.25, 0.3) is 0 Å². The molecule has 0 aliphatic carbocycles. The van der Waals surface area contributed by atoms with E-state index in [1.165, 1.54) is 11.3 Å². The van der Waals surface area contributed by atoms with Crippen LogP contribution in [-0.4, -0.2) is 24.3 Å². The Hall–Kier alpha value is -1.53. The second kappa shape index (κ2) is 7.84. The fraction of sp³-hybridized carbons (Fsp3) is 0.353. The average Bonchev–Trinajstić information content (AvgIpc) is 3.00. The summed E-state index contributed by atoms with van der Waals surface area (Å²) in [7, 11) is 1.58. The molecule has 0 bridgehead atoms. The minimum Gasteiger partial charge on any atom is -0.493 e. The lowest BCUT2D eigenvalue weighted by atomic mass is 9.97. The van der Waals surface area contributed by atoms with Gasteiger partial charge in [-0.05, 0) is 65.3 Å². The number of carbonyl (C=O) groups is 1. The third-order valence-electron chi connectivity index (χ3n) is 3.27. The molecule has 0 aliphatic rings. The summed E-state index contributed by atoms with van der Waals surface area (Å²) >= 11 is 4.95. The molecule has 0 aliphatic heterocycles. The highest BCUT2D eigenvalue weighted by Gasteiger charge is 2.23. The number of halogens is 1. The van der Waals surface area contributed by atoms with Gasteiger partial charge >= 0.3 is 5.97 Å². The van der Waals surface area contributed by atoms with Crippen LogP contribution in [0.4, 0.5) is 0 Å². The van der Waals surface area contributed by atoms with Gasteiger partial charge in [-0.3, -0.25) is 4.79 Å². The molecule has 124 valence electrons. The summed E-state index contributed by atoms with van der Waals surface area (Å²) in [5.41, 5.74) is 0.880. The number of methoxy groups -OCH3 is 1. The van der Waals surface area contributed by atoms with Crippen molar-refractivity contribution >= 4 is 33.2 Å². The van der Waals surface area contributed by atoms with Crippen LogP contribution in [-0.2, 0) is 11.2 Å². The quantitative estimate of drug-likeness (QED) is 0.732. The lowest BCUT2D eigenvalue weighted by Gasteiger charge is -2.17. The molecule has 0 spiro atoms. The molecule has 1 aromatic heterocycles.